The maximum atomic E-state index is 5.35. The van der Waals surface area contributed by atoms with E-state index in [-0.39, 0.29) is 24.0 Å². The summed E-state index contributed by atoms with van der Waals surface area (Å²) < 4.78 is 10.4. The second kappa shape index (κ2) is 12.8. The van der Waals surface area contributed by atoms with E-state index in [2.05, 4.69) is 41.8 Å². The number of guanidine groups is 1. The largest absolute Gasteiger partial charge is 0.469 e. The van der Waals surface area contributed by atoms with Crippen LogP contribution >= 0.6 is 24.0 Å². The average Bonchev–Trinajstić information content (AvgIpc) is 3.13. The lowest BCUT2D eigenvalue weighted by atomic mass is 10.1. The van der Waals surface area contributed by atoms with E-state index < -0.39 is 0 Å². The zero-order valence-electron chi connectivity index (χ0n) is 15.0. The average molecular weight is 457 g/mol. The number of aryl methyl sites for hydroxylation is 1. The van der Waals surface area contributed by atoms with Crippen molar-refractivity contribution in [3.63, 3.8) is 0 Å². The first-order valence-electron chi connectivity index (χ1n) is 8.43. The van der Waals surface area contributed by atoms with E-state index in [1.54, 1.807) is 13.4 Å². The molecule has 0 saturated heterocycles. The fourth-order valence-electron chi connectivity index (χ4n) is 2.43. The number of hydrogen-bond acceptors (Lipinski definition) is 3. The molecule has 138 valence electrons. The molecule has 0 bridgehead atoms. The second-order valence-electron chi connectivity index (χ2n) is 5.46. The molecule has 0 aliphatic rings. The van der Waals surface area contributed by atoms with Crippen molar-refractivity contribution in [1.29, 1.82) is 0 Å². The summed E-state index contributed by atoms with van der Waals surface area (Å²) in [6.45, 7) is 4.96. The first kappa shape index (κ1) is 21.5. The Labute approximate surface area is 167 Å². The number of halogens is 1. The van der Waals surface area contributed by atoms with Crippen molar-refractivity contribution >= 4 is 29.9 Å². The van der Waals surface area contributed by atoms with Crippen molar-refractivity contribution in [2.24, 2.45) is 4.99 Å². The summed E-state index contributed by atoms with van der Waals surface area (Å²) in [6.07, 6.45) is 3.54. The molecule has 1 aromatic carbocycles. The van der Waals surface area contributed by atoms with E-state index in [4.69, 9.17) is 14.1 Å². The van der Waals surface area contributed by atoms with Crippen LogP contribution in [0.5, 0.6) is 0 Å². The third-order valence-corrected chi connectivity index (χ3v) is 3.75. The van der Waals surface area contributed by atoms with E-state index in [1.807, 2.05) is 12.1 Å². The van der Waals surface area contributed by atoms with E-state index >= 15 is 0 Å². The minimum absolute atomic E-state index is 0. The standard InChI is InChI=1S/C19H27N3O2.HI/c1-3-16-7-4-5-8-17(16)15-22-19(21-12-14-23-2)20-11-10-18-9-6-13-24-18;/h4-9,13H,3,10-12,14-15H2,1-2H3,(H2,20,21,22);1H. The molecule has 6 heteroatoms. The van der Waals surface area contributed by atoms with Crippen LogP contribution in [0.3, 0.4) is 0 Å². The van der Waals surface area contributed by atoms with E-state index in [1.165, 1.54) is 11.1 Å². The highest BCUT2D eigenvalue weighted by molar-refractivity contribution is 14.0. The second-order valence-corrected chi connectivity index (χ2v) is 5.46. The van der Waals surface area contributed by atoms with Crippen molar-refractivity contribution in [2.75, 3.05) is 26.8 Å². The summed E-state index contributed by atoms with van der Waals surface area (Å²) in [5, 5.41) is 6.64. The number of hydrogen-bond donors (Lipinski definition) is 2. The van der Waals surface area contributed by atoms with Gasteiger partial charge in [0.15, 0.2) is 5.96 Å². The topological polar surface area (TPSA) is 58.8 Å². The summed E-state index contributed by atoms with van der Waals surface area (Å²) in [5.41, 5.74) is 2.60. The molecule has 1 heterocycles. The number of nitrogens with one attached hydrogen (secondary N) is 2. The van der Waals surface area contributed by atoms with Gasteiger partial charge in [0.05, 0.1) is 19.4 Å². The molecule has 2 aromatic rings. The smallest absolute Gasteiger partial charge is 0.191 e. The van der Waals surface area contributed by atoms with Gasteiger partial charge in [-0.15, -0.1) is 24.0 Å². The van der Waals surface area contributed by atoms with Crippen molar-refractivity contribution < 1.29 is 9.15 Å². The highest BCUT2D eigenvalue weighted by atomic mass is 127. The third kappa shape index (κ3) is 7.92. The van der Waals surface area contributed by atoms with Gasteiger partial charge in [-0.3, -0.25) is 0 Å². The van der Waals surface area contributed by atoms with Gasteiger partial charge in [-0.2, -0.15) is 0 Å². The fraction of sp³-hybridized carbons (Fsp3) is 0.421. The Hall–Kier alpha value is -1.54. The monoisotopic (exact) mass is 457 g/mol. The van der Waals surface area contributed by atoms with Crippen LogP contribution in [0.15, 0.2) is 52.1 Å². The molecule has 5 nitrogen and oxygen atoms in total. The number of rotatable bonds is 9. The predicted octanol–water partition coefficient (Wildman–Crippen LogP) is 3.38. The molecule has 1 aromatic heterocycles. The zero-order chi connectivity index (χ0) is 17.0. The normalized spacial score (nSPS) is 11.0. The van der Waals surface area contributed by atoms with E-state index in [0.29, 0.717) is 13.2 Å². The Morgan fingerprint density at radius 2 is 1.84 bits per heavy atom. The van der Waals surface area contributed by atoms with E-state index in [9.17, 15) is 0 Å². The molecule has 0 aliphatic carbocycles. The molecule has 2 rings (SSSR count). The van der Waals surface area contributed by atoms with Crippen LogP contribution in [-0.2, 0) is 24.1 Å². The van der Waals surface area contributed by atoms with Crippen LogP contribution in [0.25, 0.3) is 0 Å². The summed E-state index contributed by atoms with van der Waals surface area (Å²) in [7, 11) is 1.69. The lowest BCUT2D eigenvalue weighted by molar-refractivity contribution is 0.203. The van der Waals surface area contributed by atoms with Crippen LogP contribution in [0.1, 0.15) is 23.8 Å². The van der Waals surface area contributed by atoms with Gasteiger partial charge in [-0.25, -0.2) is 4.99 Å². The highest BCUT2D eigenvalue weighted by Crippen LogP contribution is 2.10. The Morgan fingerprint density at radius 1 is 1.08 bits per heavy atom. The van der Waals surface area contributed by atoms with Gasteiger partial charge in [-0.05, 0) is 29.7 Å². The number of aliphatic imine (C=N–C) groups is 1. The van der Waals surface area contributed by atoms with Crippen LogP contribution in [0, 0.1) is 0 Å². The SMILES string of the molecule is CCc1ccccc1CN=C(NCCOC)NCCc1ccco1.I. The van der Waals surface area contributed by atoms with Gasteiger partial charge < -0.3 is 19.8 Å². The van der Waals surface area contributed by atoms with Gasteiger partial charge in [0.2, 0.25) is 0 Å². The number of furan rings is 1. The molecule has 0 saturated carbocycles. The first-order chi connectivity index (χ1) is 11.8. The Kier molecular flexibility index (Phi) is 11.0. The minimum Gasteiger partial charge on any atom is -0.469 e. The lowest BCUT2D eigenvalue weighted by Crippen LogP contribution is -2.40. The van der Waals surface area contributed by atoms with Gasteiger partial charge in [-0.1, -0.05) is 31.2 Å². The minimum atomic E-state index is 0. The quantitative estimate of drug-likeness (QED) is 0.262. The van der Waals surface area contributed by atoms with Crippen molar-refractivity contribution in [2.45, 2.75) is 26.3 Å². The maximum absolute atomic E-state index is 5.35. The molecule has 0 unspecified atom stereocenters. The van der Waals surface area contributed by atoms with Gasteiger partial charge in [0, 0.05) is 26.6 Å². The van der Waals surface area contributed by atoms with E-state index in [0.717, 1.165) is 37.7 Å². The molecular formula is C19H28IN3O2. The first-order valence-corrected chi connectivity index (χ1v) is 8.43. The summed E-state index contributed by atoms with van der Waals surface area (Å²) in [4.78, 5) is 4.70. The molecule has 0 fully saturated rings. The number of methoxy groups -OCH3 is 1. The Bertz CT molecular complexity index is 615. The number of nitrogens with zero attached hydrogens (tertiary/aromatic N) is 1. The molecule has 2 N–H and O–H groups in total. The molecule has 0 amide bonds. The summed E-state index contributed by atoms with van der Waals surface area (Å²) in [6, 6.07) is 12.3. The molecular weight excluding hydrogens is 429 g/mol. The lowest BCUT2D eigenvalue weighted by Gasteiger charge is -2.13. The van der Waals surface area contributed by atoms with Crippen molar-refractivity contribution in [3.05, 3.63) is 59.5 Å². The predicted molar refractivity (Wildman–Crippen MR) is 113 cm³/mol. The van der Waals surface area contributed by atoms with Crippen LogP contribution in [0.4, 0.5) is 0 Å². The van der Waals surface area contributed by atoms with Crippen molar-refractivity contribution in [1.82, 2.24) is 10.6 Å². The van der Waals surface area contributed by atoms with Gasteiger partial charge in [0.1, 0.15) is 5.76 Å². The Morgan fingerprint density at radius 3 is 2.52 bits per heavy atom. The molecule has 0 spiro atoms. The zero-order valence-corrected chi connectivity index (χ0v) is 17.3. The number of benzene rings is 1. The Balaban J connectivity index is 0.00000312. The maximum Gasteiger partial charge on any atom is 0.191 e. The summed E-state index contributed by atoms with van der Waals surface area (Å²) in [5.74, 6) is 1.76. The highest BCUT2D eigenvalue weighted by Gasteiger charge is 2.02. The molecule has 25 heavy (non-hydrogen) atoms. The molecule has 0 radical (unpaired) electrons. The van der Waals surface area contributed by atoms with Crippen LogP contribution < -0.4 is 10.6 Å². The third-order valence-electron chi connectivity index (χ3n) is 3.75. The van der Waals surface area contributed by atoms with Crippen LogP contribution in [-0.4, -0.2) is 32.8 Å². The van der Waals surface area contributed by atoms with Crippen molar-refractivity contribution in [3.8, 4) is 0 Å². The number of ether oxygens (including phenoxy) is 1. The van der Waals surface area contributed by atoms with Gasteiger partial charge in [0.25, 0.3) is 0 Å². The van der Waals surface area contributed by atoms with Gasteiger partial charge >= 0.3 is 0 Å². The molecule has 0 aliphatic heterocycles. The van der Waals surface area contributed by atoms with Crippen LogP contribution in [0.2, 0.25) is 0 Å². The summed E-state index contributed by atoms with van der Waals surface area (Å²) >= 11 is 0. The molecule has 0 atom stereocenters. The fourth-order valence-corrected chi connectivity index (χ4v) is 2.43.